The first-order valence-electron chi connectivity index (χ1n) is 6.27. The van der Waals surface area contributed by atoms with Crippen LogP contribution in [-0.2, 0) is 19.4 Å². The van der Waals surface area contributed by atoms with Crippen LogP contribution < -0.4 is 5.32 Å². The van der Waals surface area contributed by atoms with E-state index in [1.54, 1.807) is 0 Å². The zero-order chi connectivity index (χ0) is 11.1. The Morgan fingerprint density at radius 3 is 2.88 bits per heavy atom. The van der Waals surface area contributed by atoms with Crippen LogP contribution in [0.25, 0.3) is 0 Å². The third-order valence-corrected chi connectivity index (χ3v) is 3.91. The summed E-state index contributed by atoms with van der Waals surface area (Å²) < 4.78 is 2.31. The van der Waals surface area contributed by atoms with Gasteiger partial charge >= 0.3 is 0 Å². The monoisotopic (exact) mass is 239 g/mol. The first kappa shape index (κ1) is 10.6. The average Bonchev–Trinajstić information content (AvgIpc) is 3.04. The lowest BCUT2D eigenvalue weighted by Gasteiger charge is -2.26. The van der Waals surface area contributed by atoms with E-state index in [4.69, 9.17) is 11.6 Å². The molecule has 4 heteroatoms. The van der Waals surface area contributed by atoms with Gasteiger partial charge in [-0.05, 0) is 19.3 Å². The fraction of sp³-hybridized carbons (Fsp3) is 0.750. The molecule has 1 N–H and O–H groups in total. The minimum Gasteiger partial charge on any atom is -0.330 e. The van der Waals surface area contributed by atoms with Gasteiger partial charge in [0.1, 0.15) is 5.82 Å². The molecule has 2 heterocycles. The molecule has 1 aliphatic heterocycles. The van der Waals surface area contributed by atoms with Gasteiger partial charge in [0.25, 0.3) is 0 Å². The number of imidazole rings is 1. The lowest BCUT2D eigenvalue weighted by Crippen LogP contribution is -2.37. The zero-order valence-corrected chi connectivity index (χ0v) is 10.4. The fourth-order valence-corrected chi connectivity index (χ4v) is 2.86. The number of aromatic nitrogens is 2. The van der Waals surface area contributed by atoms with E-state index in [0.717, 1.165) is 36.4 Å². The number of nitrogens with one attached hydrogen (secondary N) is 1. The smallest absolute Gasteiger partial charge is 0.150 e. The van der Waals surface area contributed by atoms with Crippen LogP contribution in [0.1, 0.15) is 37.7 Å². The largest absolute Gasteiger partial charge is 0.330 e. The molecule has 1 aromatic heterocycles. The Balaban J connectivity index is 1.79. The number of aryl methyl sites for hydroxylation is 1. The van der Waals surface area contributed by atoms with Crippen molar-refractivity contribution in [1.82, 2.24) is 14.9 Å². The van der Waals surface area contributed by atoms with Crippen LogP contribution in [0, 0.1) is 0 Å². The lowest BCUT2D eigenvalue weighted by molar-refractivity contribution is 0.392. The highest BCUT2D eigenvalue weighted by Gasteiger charge is 2.29. The van der Waals surface area contributed by atoms with Gasteiger partial charge < -0.3 is 9.88 Å². The molecule has 0 amide bonds. The van der Waals surface area contributed by atoms with Gasteiger partial charge in [-0.2, -0.15) is 0 Å². The van der Waals surface area contributed by atoms with Crippen LogP contribution in [-0.4, -0.2) is 21.6 Å². The van der Waals surface area contributed by atoms with Gasteiger partial charge in [0.2, 0.25) is 0 Å². The molecule has 88 valence electrons. The minimum atomic E-state index is 0.610. The van der Waals surface area contributed by atoms with Gasteiger partial charge in [0, 0.05) is 31.5 Å². The van der Waals surface area contributed by atoms with Crippen molar-refractivity contribution in [3.8, 4) is 0 Å². The van der Waals surface area contributed by atoms with Crippen LogP contribution in [0.15, 0.2) is 0 Å². The third kappa shape index (κ3) is 1.87. The highest BCUT2D eigenvalue weighted by Crippen LogP contribution is 2.27. The van der Waals surface area contributed by atoms with Crippen LogP contribution in [0.2, 0.25) is 5.15 Å². The van der Waals surface area contributed by atoms with Crippen LogP contribution in [0.3, 0.4) is 0 Å². The van der Waals surface area contributed by atoms with E-state index in [0.29, 0.717) is 6.04 Å². The Hall–Kier alpha value is -0.540. The maximum Gasteiger partial charge on any atom is 0.150 e. The molecule has 1 unspecified atom stereocenters. The zero-order valence-electron chi connectivity index (χ0n) is 9.67. The van der Waals surface area contributed by atoms with Gasteiger partial charge in [-0.1, -0.05) is 18.5 Å². The van der Waals surface area contributed by atoms with Gasteiger partial charge in [0.05, 0.1) is 5.69 Å². The molecule has 1 aromatic rings. The number of hydrogen-bond donors (Lipinski definition) is 1. The summed E-state index contributed by atoms with van der Waals surface area (Å²) in [7, 11) is 0. The van der Waals surface area contributed by atoms with Gasteiger partial charge in [0.15, 0.2) is 5.15 Å². The molecule has 3 nitrogen and oxygen atoms in total. The first-order valence-corrected chi connectivity index (χ1v) is 6.65. The summed E-state index contributed by atoms with van der Waals surface area (Å²) in [4.78, 5) is 4.44. The second-order valence-electron chi connectivity index (χ2n) is 4.90. The molecule has 1 atom stereocenters. The van der Waals surface area contributed by atoms with Crippen molar-refractivity contribution in [2.24, 2.45) is 0 Å². The second kappa shape index (κ2) is 4.04. The van der Waals surface area contributed by atoms with E-state index in [1.165, 1.54) is 25.0 Å². The molecule has 2 aliphatic rings. The van der Waals surface area contributed by atoms with Gasteiger partial charge in [-0.3, -0.25) is 0 Å². The quantitative estimate of drug-likeness (QED) is 0.876. The summed E-state index contributed by atoms with van der Waals surface area (Å²) in [5, 5.41) is 4.41. The summed E-state index contributed by atoms with van der Waals surface area (Å²) in [5.41, 5.74) is 1.24. The van der Waals surface area contributed by atoms with Crippen molar-refractivity contribution in [2.75, 3.05) is 0 Å². The van der Waals surface area contributed by atoms with Gasteiger partial charge in [-0.25, -0.2) is 4.98 Å². The number of hydrogen-bond acceptors (Lipinski definition) is 2. The average molecular weight is 240 g/mol. The summed E-state index contributed by atoms with van der Waals surface area (Å²) in [6.45, 7) is 3.21. The van der Waals surface area contributed by atoms with Crippen molar-refractivity contribution < 1.29 is 0 Å². The summed E-state index contributed by atoms with van der Waals surface area (Å²) >= 11 is 6.20. The topological polar surface area (TPSA) is 29.9 Å². The first-order chi connectivity index (χ1) is 7.78. The summed E-state index contributed by atoms with van der Waals surface area (Å²) in [6.07, 6.45) is 5.93. The number of rotatable bonds is 3. The Morgan fingerprint density at radius 2 is 2.19 bits per heavy atom. The van der Waals surface area contributed by atoms with Crippen LogP contribution in [0.4, 0.5) is 0 Å². The molecular formula is C12H18ClN3. The van der Waals surface area contributed by atoms with E-state index in [9.17, 15) is 0 Å². The van der Waals surface area contributed by atoms with Crippen molar-refractivity contribution >= 4 is 11.6 Å². The lowest BCUT2D eigenvalue weighted by atomic mass is 10.0. The third-order valence-electron chi connectivity index (χ3n) is 3.61. The van der Waals surface area contributed by atoms with E-state index in [-0.39, 0.29) is 0 Å². The molecule has 0 aromatic carbocycles. The van der Waals surface area contributed by atoms with Crippen molar-refractivity contribution in [3.05, 3.63) is 16.7 Å². The number of nitrogens with zero attached hydrogens (tertiary/aromatic N) is 2. The minimum absolute atomic E-state index is 0.610. The summed E-state index contributed by atoms with van der Waals surface area (Å²) in [5.74, 6) is 1.14. The Bertz CT molecular complexity index is 395. The molecule has 3 rings (SSSR count). The maximum atomic E-state index is 6.20. The van der Waals surface area contributed by atoms with E-state index in [1.807, 2.05) is 0 Å². The molecule has 0 saturated heterocycles. The normalized spacial score (nSPS) is 24.5. The van der Waals surface area contributed by atoms with E-state index < -0.39 is 0 Å². The predicted octanol–water partition coefficient (Wildman–Crippen LogP) is 2.17. The Kier molecular flexibility index (Phi) is 2.68. The second-order valence-corrected chi connectivity index (χ2v) is 5.26. The molecule has 0 spiro atoms. The molecule has 0 radical (unpaired) electrons. The molecule has 1 aliphatic carbocycles. The standard InChI is InChI=1S/C12H18ClN3/c1-2-11-15-12(13)10-7-9(5-6-16(10)11)14-8-3-4-8/h8-9,14H,2-7H2,1H3. The maximum absolute atomic E-state index is 6.20. The SMILES string of the molecule is CCc1nc(Cl)c2n1CCC(NC1CC1)C2. The molecular weight excluding hydrogens is 222 g/mol. The Morgan fingerprint density at radius 1 is 1.38 bits per heavy atom. The predicted molar refractivity (Wildman–Crippen MR) is 64.9 cm³/mol. The fourth-order valence-electron chi connectivity index (χ4n) is 2.58. The van der Waals surface area contributed by atoms with Crippen molar-refractivity contribution in [1.29, 1.82) is 0 Å². The molecule has 1 saturated carbocycles. The van der Waals surface area contributed by atoms with Crippen molar-refractivity contribution in [2.45, 2.75) is 57.7 Å². The van der Waals surface area contributed by atoms with Gasteiger partial charge in [-0.15, -0.1) is 0 Å². The van der Waals surface area contributed by atoms with Crippen LogP contribution >= 0.6 is 11.6 Å². The van der Waals surface area contributed by atoms with Crippen molar-refractivity contribution in [3.63, 3.8) is 0 Å². The molecule has 16 heavy (non-hydrogen) atoms. The molecule has 0 bridgehead atoms. The summed E-state index contributed by atoms with van der Waals surface area (Å²) in [6, 6.07) is 1.39. The highest BCUT2D eigenvalue weighted by molar-refractivity contribution is 6.30. The Labute approximate surface area is 101 Å². The van der Waals surface area contributed by atoms with E-state index in [2.05, 4.69) is 21.8 Å². The highest BCUT2D eigenvalue weighted by atomic mass is 35.5. The van der Waals surface area contributed by atoms with Crippen LogP contribution in [0.5, 0.6) is 0 Å². The van der Waals surface area contributed by atoms with E-state index >= 15 is 0 Å². The number of halogens is 1. The number of fused-ring (bicyclic) bond motifs is 1. The molecule has 1 fully saturated rings.